The van der Waals surface area contributed by atoms with Gasteiger partial charge in [0, 0.05) is 18.0 Å². The third kappa shape index (κ3) is 2.96. The fourth-order valence-electron chi connectivity index (χ4n) is 4.98. The maximum atomic E-state index is 13.9. The molecular formula is C23H22FN3O4. The molecule has 2 heterocycles. The lowest BCUT2D eigenvalue weighted by molar-refractivity contribution is -0.123. The van der Waals surface area contributed by atoms with Gasteiger partial charge in [-0.1, -0.05) is 6.08 Å². The number of urea groups is 1. The molecule has 160 valence electrons. The summed E-state index contributed by atoms with van der Waals surface area (Å²) in [4.78, 5) is 39.6. The van der Waals surface area contributed by atoms with Crippen LogP contribution in [0.25, 0.3) is 0 Å². The van der Waals surface area contributed by atoms with Crippen LogP contribution in [-0.4, -0.2) is 41.4 Å². The van der Waals surface area contributed by atoms with Gasteiger partial charge in [0.05, 0.1) is 13.2 Å². The molecule has 3 fully saturated rings. The van der Waals surface area contributed by atoms with Gasteiger partial charge in [0.1, 0.15) is 11.6 Å². The predicted octanol–water partition coefficient (Wildman–Crippen LogP) is 2.44. The molecule has 5 aliphatic rings. The summed E-state index contributed by atoms with van der Waals surface area (Å²) in [7, 11) is 0. The highest BCUT2D eigenvalue weighted by atomic mass is 19.1. The molecule has 7 nitrogen and oxygen atoms in total. The Kier molecular flexibility index (Phi) is 3.85. The summed E-state index contributed by atoms with van der Waals surface area (Å²) in [6.45, 7) is 1.01. The fraction of sp³-hybridized carbons (Fsp3) is 0.435. The molecule has 6 rings (SSSR count). The molecule has 31 heavy (non-hydrogen) atoms. The molecule has 0 aromatic heterocycles. The van der Waals surface area contributed by atoms with Crippen molar-refractivity contribution in [3.63, 3.8) is 0 Å². The van der Waals surface area contributed by atoms with Crippen molar-refractivity contribution >= 4 is 17.8 Å². The smallest absolute Gasteiger partial charge is 0.322 e. The van der Waals surface area contributed by atoms with Gasteiger partial charge in [0.25, 0.3) is 11.8 Å². The van der Waals surface area contributed by atoms with Gasteiger partial charge >= 0.3 is 6.03 Å². The molecule has 1 saturated heterocycles. The first kappa shape index (κ1) is 18.6. The van der Waals surface area contributed by atoms with E-state index in [4.69, 9.17) is 4.74 Å². The molecule has 2 saturated carbocycles. The van der Waals surface area contributed by atoms with Crippen LogP contribution in [0.1, 0.15) is 35.2 Å². The molecule has 0 bridgehead atoms. The van der Waals surface area contributed by atoms with E-state index in [2.05, 4.69) is 10.6 Å². The molecular weight excluding hydrogens is 401 g/mol. The number of benzene rings is 1. The van der Waals surface area contributed by atoms with E-state index in [9.17, 15) is 18.8 Å². The fourth-order valence-corrected chi connectivity index (χ4v) is 4.98. The number of fused-ring (bicyclic) bond motifs is 2. The highest BCUT2D eigenvalue weighted by molar-refractivity contribution is 6.10. The first-order valence-corrected chi connectivity index (χ1v) is 10.7. The van der Waals surface area contributed by atoms with Gasteiger partial charge < -0.3 is 15.0 Å². The first-order chi connectivity index (χ1) is 14.9. The quantitative estimate of drug-likeness (QED) is 0.688. The second-order valence-corrected chi connectivity index (χ2v) is 9.17. The SMILES string of the molecule is O=C1NC(=O)[C@](CN2Cc3cc(OCC4CC4)ccc3C2=O)(C2=CC=C(F)C3CC23)N1. The molecule has 3 atom stereocenters. The number of rotatable bonds is 6. The highest BCUT2D eigenvalue weighted by Gasteiger charge is 2.58. The number of imide groups is 1. The molecule has 2 unspecified atom stereocenters. The Balaban J connectivity index is 1.27. The van der Waals surface area contributed by atoms with E-state index < -0.39 is 17.5 Å². The van der Waals surface area contributed by atoms with Crippen molar-refractivity contribution in [1.29, 1.82) is 0 Å². The number of hydrogen-bond donors (Lipinski definition) is 2. The van der Waals surface area contributed by atoms with E-state index >= 15 is 0 Å². The Morgan fingerprint density at radius 1 is 1.16 bits per heavy atom. The van der Waals surface area contributed by atoms with Gasteiger partial charge in [-0.05, 0) is 66.5 Å². The average Bonchev–Trinajstić information content (AvgIpc) is 3.65. The zero-order valence-corrected chi connectivity index (χ0v) is 16.8. The van der Waals surface area contributed by atoms with E-state index in [1.807, 2.05) is 6.07 Å². The highest BCUT2D eigenvalue weighted by Crippen LogP contribution is 2.55. The maximum absolute atomic E-state index is 13.9. The molecule has 2 N–H and O–H groups in total. The van der Waals surface area contributed by atoms with Crippen molar-refractivity contribution in [1.82, 2.24) is 15.5 Å². The molecule has 1 aromatic carbocycles. The minimum Gasteiger partial charge on any atom is -0.493 e. The number of allylic oxidation sites excluding steroid dienone is 3. The maximum Gasteiger partial charge on any atom is 0.322 e. The largest absolute Gasteiger partial charge is 0.493 e. The first-order valence-electron chi connectivity index (χ1n) is 10.7. The Morgan fingerprint density at radius 3 is 2.74 bits per heavy atom. The third-order valence-corrected chi connectivity index (χ3v) is 6.97. The summed E-state index contributed by atoms with van der Waals surface area (Å²) in [5.74, 6) is 0.112. The monoisotopic (exact) mass is 423 g/mol. The molecule has 1 aromatic rings. The third-order valence-electron chi connectivity index (χ3n) is 6.97. The van der Waals surface area contributed by atoms with Gasteiger partial charge in [-0.3, -0.25) is 14.9 Å². The van der Waals surface area contributed by atoms with Crippen LogP contribution < -0.4 is 15.4 Å². The minimum absolute atomic E-state index is 0.000857. The molecule has 8 heteroatoms. The second kappa shape index (κ2) is 6.42. The van der Waals surface area contributed by atoms with Crippen LogP contribution in [-0.2, 0) is 11.3 Å². The Bertz CT molecular complexity index is 1090. The topological polar surface area (TPSA) is 87.7 Å². The molecule has 0 spiro atoms. The van der Waals surface area contributed by atoms with E-state index in [1.165, 1.54) is 18.9 Å². The lowest BCUT2D eigenvalue weighted by Crippen LogP contribution is -2.57. The Hall–Kier alpha value is -3.16. The number of amides is 4. The van der Waals surface area contributed by atoms with Crippen molar-refractivity contribution in [2.45, 2.75) is 31.3 Å². The lowest BCUT2D eigenvalue weighted by atomic mass is 9.83. The van der Waals surface area contributed by atoms with Crippen LogP contribution in [0.4, 0.5) is 9.18 Å². The van der Waals surface area contributed by atoms with Crippen LogP contribution in [0.5, 0.6) is 5.75 Å². The van der Waals surface area contributed by atoms with E-state index in [0.29, 0.717) is 36.6 Å². The van der Waals surface area contributed by atoms with E-state index in [1.54, 1.807) is 23.1 Å². The van der Waals surface area contributed by atoms with Crippen molar-refractivity contribution in [2.24, 2.45) is 17.8 Å². The number of carbonyl (C=O) groups excluding carboxylic acids is 3. The number of nitrogens with one attached hydrogen (secondary N) is 2. The number of hydrogen-bond acceptors (Lipinski definition) is 4. The Morgan fingerprint density at radius 2 is 2.00 bits per heavy atom. The summed E-state index contributed by atoms with van der Waals surface area (Å²) in [5.41, 5.74) is 0.702. The number of ether oxygens (including phenoxy) is 1. The van der Waals surface area contributed by atoms with Crippen LogP contribution in [0.3, 0.4) is 0 Å². The summed E-state index contributed by atoms with van der Waals surface area (Å²) >= 11 is 0. The van der Waals surface area contributed by atoms with Gasteiger partial charge in [-0.25, -0.2) is 9.18 Å². The summed E-state index contributed by atoms with van der Waals surface area (Å²) in [5, 5.41) is 5.05. The van der Waals surface area contributed by atoms with E-state index in [-0.39, 0.29) is 30.1 Å². The normalized spacial score (nSPS) is 30.9. The van der Waals surface area contributed by atoms with Gasteiger partial charge in [0.2, 0.25) is 0 Å². The van der Waals surface area contributed by atoms with Crippen molar-refractivity contribution in [3.8, 4) is 5.75 Å². The number of nitrogens with zero attached hydrogens (tertiary/aromatic N) is 1. The average molecular weight is 423 g/mol. The van der Waals surface area contributed by atoms with Gasteiger partial charge in [0.15, 0.2) is 5.54 Å². The van der Waals surface area contributed by atoms with Crippen molar-refractivity contribution in [3.05, 3.63) is 52.9 Å². The zero-order chi connectivity index (χ0) is 21.3. The molecule has 3 aliphatic carbocycles. The van der Waals surface area contributed by atoms with Crippen LogP contribution in [0, 0.1) is 17.8 Å². The van der Waals surface area contributed by atoms with Gasteiger partial charge in [-0.2, -0.15) is 0 Å². The van der Waals surface area contributed by atoms with Crippen LogP contribution in [0.2, 0.25) is 0 Å². The minimum atomic E-state index is -1.38. The van der Waals surface area contributed by atoms with Gasteiger partial charge in [-0.15, -0.1) is 0 Å². The number of halogens is 1. The summed E-state index contributed by atoms with van der Waals surface area (Å²) in [6.07, 6.45) is 5.96. The van der Waals surface area contributed by atoms with Crippen molar-refractivity contribution in [2.75, 3.05) is 13.2 Å². The van der Waals surface area contributed by atoms with Crippen LogP contribution in [0.15, 0.2) is 41.8 Å². The molecule has 4 amide bonds. The predicted molar refractivity (Wildman–Crippen MR) is 108 cm³/mol. The summed E-state index contributed by atoms with van der Waals surface area (Å²) < 4.78 is 19.8. The number of carbonyl (C=O) groups is 3. The lowest BCUT2D eigenvalue weighted by Gasteiger charge is -2.34. The zero-order valence-electron chi connectivity index (χ0n) is 16.8. The standard InChI is InChI=1S/C23H22FN3O4/c24-19-6-5-18(16-8-17(16)19)23(21(29)25-22(30)26-23)11-27-9-13-7-14(31-10-12-1-2-12)3-4-15(13)20(27)28/h3-7,12,16-17H,1-2,8-11H2,(H2,25,26,29,30)/t16?,17?,23-/m0/s1. The van der Waals surface area contributed by atoms with E-state index in [0.717, 1.165) is 11.3 Å². The molecule has 2 aliphatic heterocycles. The van der Waals surface area contributed by atoms with Crippen molar-refractivity contribution < 1.29 is 23.5 Å². The second-order valence-electron chi connectivity index (χ2n) is 9.17. The summed E-state index contributed by atoms with van der Waals surface area (Å²) in [6, 6.07) is 4.84. The van der Waals surface area contributed by atoms with Crippen LogP contribution >= 0.6 is 0 Å². The Labute approximate surface area is 178 Å². The molecule has 0 radical (unpaired) electrons.